The van der Waals surface area contributed by atoms with Crippen LogP contribution in [0.1, 0.15) is 37.7 Å². The van der Waals surface area contributed by atoms with Gasteiger partial charge in [-0.05, 0) is 25.0 Å². The standard InChI is InChI=1S/C15H18N2OS/c1-10(2)15(18)17-9-5-7-12(17)14-16-11-6-3-4-8-13(11)19-14/h3-4,6,8,10,12H,5,7,9H2,1-2H3/t12-/m1/s1. The van der Waals surface area contributed by atoms with Gasteiger partial charge in [0.25, 0.3) is 0 Å². The lowest BCUT2D eigenvalue weighted by Crippen LogP contribution is -2.33. The van der Waals surface area contributed by atoms with Crippen molar-refractivity contribution in [2.45, 2.75) is 32.7 Å². The average Bonchev–Trinajstić information content (AvgIpc) is 3.03. The molecule has 0 radical (unpaired) electrons. The van der Waals surface area contributed by atoms with Crippen molar-refractivity contribution in [3.05, 3.63) is 29.3 Å². The molecule has 1 aromatic heterocycles. The largest absolute Gasteiger partial charge is 0.333 e. The number of carbonyl (C=O) groups is 1. The molecule has 3 rings (SSSR count). The molecule has 1 aliphatic rings. The van der Waals surface area contributed by atoms with Crippen molar-refractivity contribution in [1.29, 1.82) is 0 Å². The van der Waals surface area contributed by atoms with E-state index in [-0.39, 0.29) is 17.9 Å². The quantitative estimate of drug-likeness (QED) is 0.838. The van der Waals surface area contributed by atoms with Crippen LogP contribution in [0.5, 0.6) is 0 Å². The molecule has 100 valence electrons. The molecule has 2 aromatic rings. The first kappa shape index (κ1) is 12.6. The van der Waals surface area contributed by atoms with Gasteiger partial charge in [0, 0.05) is 12.5 Å². The molecule has 0 unspecified atom stereocenters. The summed E-state index contributed by atoms with van der Waals surface area (Å²) >= 11 is 1.72. The van der Waals surface area contributed by atoms with Crippen LogP contribution in [0.4, 0.5) is 0 Å². The van der Waals surface area contributed by atoms with E-state index >= 15 is 0 Å². The van der Waals surface area contributed by atoms with Crippen LogP contribution in [0, 0.1) is 5.92 Å². The van der Waals surface area contributed by atoms with Gasteiger partial charge in [0.05, 0.1) is 16.3 Å². The number of likely N-dealkylation sites (tertiary alicyclic amines) is 1. The number of benzene rings is 1. The summed E-state index contributed by atoms with van der Waals surface area (Å²) in [5.41, 5.74) is 1.05. The summed E-state index contributed by atoms with van der Waals surface area (Å²) in [6, 6.07) is 8.37. The van der Waals surface area contributed by atoms with E-state index in [4.69, 9.17) is 4.98 Å². The molecule has 0 aliphatic carbocycles. The van der Waals surface area contributed by atoms with Crippen LogP contribution < -0.4 is 0 Å². The monoisotopic (exact) mass is 274 g/mol. The van der Waals surface area contributed by atoms with Gasteiger partial charge >= 0.3 is 0 Å². The Kier molecular flexibility index (Phi) is 3.27. The number of hydrogen-bond donors (Lipinski definition) is 0. The Labute approximate surface area is 117 Å². The minimum absolute atomic E-state index is 0.0648. The van der Waals surface area contributed by atoms with Crippen molar-refractivity contribution in [3.63, 3.8) is 0 Å². The summed E-state index contributed by atoms with van der Waals surface area (Å²) in [6.45, 7) is 4.81. The van der Waals surface area contributed by atoms with Crippen LogP contribution >= 0.6 is 11.3 Å². The van der Waals surface area contributed by atoms with Crippen molar-refractivity contribution in [3.8, 4) is 0 Å². The molecule has 0 N–H and O–H groups in total. The Bertz CT molecular complexity index is 572. The van der Waals surface area contributed by atoms with Gasteiger partial charge < -0.3 is 4.90 Å². The minimum atomic E-state index is 0.0648. The Hall–Kier alpha value is -1.42. The predicted octanol–water partition coefficient (Wildman–Crippen LogP) is 3.62. The average molecular weight is 274 g/mol. The Morgan fingerprint density at radius 1 is 1.42 bits per heavy atom. The van der Waals surface area contributed by atoms with Crippen LogP contribution in [0.3, 0.4) is 0 Å². The van der Waals surface area contributed by atoms with Gasteiger partial charge in [-0.2, -0.15) is 0 Å². The second kappa shape index (κ2) is 4.93. The van der Waals surface area contributed by atoms with Crippen molar-refractivity contribution in [2.24, 2.45) is 5.92 Å². The highest BCUT2D eigenvalue weighted by Gasteiger charge is 2.32. The molecule has 3 nitrogen and oxygen atoms in total. The zero-order valence-electron chi connectivity index (χ0n) is 11.3. The van der Waals surface area contributed by atoms with Crippen LogP contribution in [-0.4, -0.2) is 22.3 Å². The van der Waals surface area contributed by atoms with E-state index in [1.807, 2.05) is 36.9 Å². The van der Waals surface area contributed by atoms with Gasteiger partial charge in [-0.25, -0.2) is 4.98 Å². The molecular weight excluding hydrogens is 256 g/mol. The molecule has 1 fully saturated rings. The number of nitrogens with zero attached hydrogens (tertiary/aromatic N) is 2. The SMILES string of the molecule is CC(C)C(=O)N1CCC[C@@H]1c1nc2ccccc2s1. The first-order valence-electron chi connectivity index (χ1n) is 6.83. The summed E-state index contributed by atoms with van der Waals surface area (Å²) in [7, 11) is 0. The second-order valence-corrected chi connectivity index (χ2v) is 6.43. The summed E-state index contributed by atoms with van der Waals surface area (Å²) in [5.74, 6) is 0.316. The van der Waals surface area contributed by atoms with Crippen LogP contribution in [-0.2, 0) is 4.79 Å². The third-order valence-electron chi connectivity index (χ3n) is 3.63. The number of aromatic nitrogens is 1. The normalized spacial score (nSPS) is 19.5. The number of rotatable bonds is 2. The van der Waals surface area contributed by atoms with Gasteiger partial charge in [-0.1, -0.05) is 26.0 Å². The van der Waals surface area contributed by atoms with Crippen LogP contribution in [0.2, 0.25) is 0 Å². The summed E-state index contributed by atoms with van der Waals surface area (Å²) in [6.07, 6.45) is 2.12. The minimum Gasteiger partial charge on any atom is -0.333 e. The number of amides is 1. The van der Waals surface area contributed by atoms with E-state index in [1.165, 1.54) is 4.70 Å². The van der Waals surface area contributed by atoms with Crippen molar-refractivity contribution in [2.75, 3.05) is 6.54 Å². The van der Waals surface area contributed by atoms with Gasteiger partial charge in [-0.15, -0.1) is 11.3 Å². The summed E-state index contributed by atoms with van der Waals surface area (Å²) in [4.78, 5) is 19.0. The molecule has 1 aromatic carbocycles. The Balaban J connectivity index is 1.93. The maximum absolute atomic E-state index is 12.2. The summed E-state index contributed by atoms with van der Waals surface area (Å²) in [5, 5.41) is 1.09. The number of para-hydroxylation sites is 1. The number of carbonyl (C=O) groups excluding carboxylic acids is 1. The maximum Gasteiger partial charge on any atom is 0.225 e. The van der Waals surface area contributed by atoms with Crippen molar-refractivity contribution < 1.29 is 4.79 Å². The van der Waals surface area contributed by atoms with Crippen molar-refractivity contribution in [1.82, 2.24) is 9.88 Å². The lowest BCUT2D eigenvalue weighted by Gasteiger charge is -2.24. The molecule has 1 amide bonds. The van der Waals surface area contributed by atoms with Gasteiger partial charge in [0.15, 0.2) is 0 Å². The molecule has 0 bridgehead atoms. The second-order valence-electron chi connectivity index (χ2n) is 5.36. The molecule has 2 heterocycles. The fraction of sp³-hybridized carbons (Fsp3) is 0.467. The van der Waals surface area contributed by atoms with Crippen LogP contribution in [0.15, 0.2) is 24.3 Å². The highest BCUT2D eigenvalue weighted by molar-refractivity contribution is 7.18. The van der Waals surface area contributed by atoms with E-state index in [1.54, 1.807) is 11.3 Å². The Morgan fingerprint density at radius 3 is 2.95 bits per heavy atom. The highest BCUT2D eigenvalue weighted by Crippen LogP contribution is 2.37. The smallest absolute Gasteiger partial charge is 0.225 e. The molecule has 0 spiro atoms. The molecule has 1 aliphatic heterocycles. The topological polar surface area (TPSA) is 33.2 Å². The Morgan fingerprint density at radius 2 is 2.21 bits per heavy atom. The number of thiazole rings is 1. The first-order chi connectivity index (χ1) is 9.16. The first-order valence-corrected chi connectivity index (χ1v) is 7.64. The van der Waals surface area contributed by atoms with Gasteiger partial charge in [-0.3, -0.25) is 4.79 Å². The lowest BCUT2D eigenvalue weighted by atomic mass is 10.1. The van der Waals surface area contributed by atoms with E-state index < -0.39 is 0 Å². The van der Waals surface area contributed by atoms with E-state index in [9.17, 15) is 4.79 Å². The van der Waals surface area contributed by atoms with Crippen LogP contribution in [0.25, 0.3) is 10.2 Å². The highest BCUT2D eigenvalue weighted by atomic mass is 32.1. The van der Waals surface area contributed by atoms with Gasteiger partial charge in [0.1, 0.15) is 5.01 Å². The van der Waals surface area contributed by atoms with E-state index in [0.717, 1.165) is 29.9 Å². The summed E-state index contributed by atoms with van der Waals surface area (Å²) < 4.78 is 1.21. The molecule has 4 heteroatoms. The lowest BCUT2D eigenvalue weighted by molar-refractivity contribution is -0.135. The fourth-order valence-electron chi connectivity index (χ4n) is 2.65. The van der Waals surface area contributed by atoms with Gasteiger partial charge in [0.2, 0.25) is 5.91 Å². The third-order valence-corrected chi connectivity index (χ3v) is 4.76. The molecular formula is C15H18N2OS. The van der Waals surface area contributed by atoms with E-state index in [2.05, 4.69) is 6.07 Å². The van der Waals surface area contributed by atoms with Crippen molar-refractivity contribution >= 4 is 27.5 Å². The van der Waals surface area contributed by atoms with E-state index in [0.29, 0.717) is 0 Å². The molecule has 0 saturated carbocycles. The molecule has 1 saturated heterocycles. The fourth-order valence-corrected chi connectivity index (χ4v) is 3.77. The predicted molar refractivity (Wildman–Crippen MR) is 78.1 cm³/mol. The number of hydrogen-bond acceptors (Lipinski definition) is 3. The third kappa shape index (κ3) is 2.25. The zero-order chi connectivity index (χ0) is 13.4. The molecule has 1 atom stereocenters. The number of fused-ring (bicyclic) bond motifs is 1. The maximum atomic E-state index is 12.2. The molecule has 19 heavy (non-hydrogen) atoms. The zero-order valence-corrected chi connectivity index (χ0v) is 12.1.